The molecular weight excluding hydrogens is 344 g/mol. The summed E-state index contributed by atoms with van der Waals surface area (Å²) in [6.07, 6.45) is 1.84. The second-order valence-corrected chi connectivity index (χ2v) is 7.14. The third-order valence-electron chi connectivity index (χ3n) is 5.31. The maximum Gasteiger partial charge on any atom is 0.237 e. The summed E-state index contributed by atoms with van der Waals surface area (Å²) in [7, 11) is 1.64. The highest BCUT2D eigenvalue weighted by Crippen LogP contribution is 2.28. The number of hydrogen-bond acceptors (Lipinski definition) is 6. The molecule has 1 fully saturated rings. The minimum absolute atomic E-state index is 0.0282. The van der Waals surface area contributed by atoms with Crippen molar-refractivity contribution in [2.24, 2.45) is 0 Å². The maximum atomic E-state index is 12.7. The van der Waals surface area contributed by atoms with Gasteiger partial charge >= 0.3 is 0 Å². The zero-order chi connectivity index (χ0) is 19.4. The number of aryl methyl sites for hydroxylation is 1. The molecule has 0 aliphatic carbocycles. The quantitative estimate of drug-likeness (QED) is 0.840. The SMILES string of the molecule is COc1ccccc1C(C)NC(=O)C(C)N1CCC(c2nc(C)no2)CC1. The number of hydrogen-bond donors (Lipinski definition) is 1. The Morgan fingerprint density at radius 2 is 2.00 bits per heavy atom. The van der Waals surface area contributed by atoms with Gasteiger partial charge in [-0.1, -0.05) is 23.4 Å². The first-order valence-electron chi connectivity index (χ1n) is 9.47. The van der Waals surface area contributed by atoms with Crippen molar-refractivity contribution in [3.05, 3.63) is 41.5 Å². The molecule has 0 bridgehead atoms. The number of carbonyl (C=O) groups is 1. The lowest BCUT2D eigenvalue weighted by Crippen LogP contribution is -2.48. The highest BCUT2D eigenvalue weighted by Gasteiger charge is 2.30. The van der Waals surface area contributed by atoms with E-state index < -0.39 is 0 Å². The molecule has 1 amide bonds. The molecule has 1 aromatic carbocycles. The van der Waals surface area contributed by atoms with Crippen LogP contribution < -0.4 is 10.1 Å². The van der Waals surface area contributed by atoms with E-state index in [-0.39, 0.29) is 23.9 Å². The van der Waals surface area contributed by atoms with Crippen LogP contribution in [0.4, 0.5) is 0 Å². The normalized spacial score (nSPS) is 18.1. The van der Waals surface area contributed by atoms with Gasteiger partial charge in [0.05, 0.1) is 19.2 Å². The molecule has 146 valence electrons. The van der Waals surface area contributed by atoms with Crippen molar-refractivity contribution in [2.75, 3.05) is 20.2 Å². The molecule has 3 rings (SSSR count). The molecule has 2 heterocycles. The lowest BCUT2D eigenvalue weighted by molar-refractivity contribution is -0.127. The molecule has 1 saturated heterocycles. The van der Waals surface area contributed by atoms with Crippen LogP contribution in [0.25, 0.3) is 0 Å². The van der Waals surface area contributed by atoms with Gasteiger partial charge in [-0.15, -0.1) is 0 Å². The van der Waals surface area contributed by atoms with Crippen LogP contribution >= 0.6 is 0 Å². The molecule has 0 saturated carbocycles. The Bertz CT molecular complexity index is 768. The van der Waals surface area contributed by atoms with E-state index in [0.717, 1.165) is 37.2 Å². The van der Waals surface area contributed by atoms with Crippen LogP contribution in [-0.2, 0) is 4.79 Å². The number of methoxy groups -OCH3 is 1. The molecule has 2 atom stereocenters. The lowest BCUT2D eigenvalue weighted by atomic mass is 9.95. The molecule has 1 aliphatic rings. The molecule has 7 nitrogen and oxygen atoms in total. The van der Waals surface area contributed by atoms with Crippen molar-refractivity contribution >= 4 is 5.91 Å². The third kappa shape index (κ3) is 4.47. The molecule has 0 radical (unpaired) electrons. The van der Waals surface area contributed by atoms with E-state index in [1.165, 1.54) is 0 Å². The number of nitrogens with zero attached hydrogens (tertiary/aromatic N) is 3. The molecule has 2 aromatic rings. The Morgan fingerprint density at radius 3 is 2.63 bits per heavy atom. The number of carbonyl (C=O) groups excluding carboxylic acids is 1. The Balaban J connectivity index is 1.55. The highest BCUT2D eigenvalue weighted by molar-refractivity contribution is 5.81. The van der Waals surface area contributed by atoms with E-state index in [4.69, 9.17) is 9.26 Å². The van der Waals surface area contributed by atoms with Crippen molar-refractivity contribution in [1.82, 2.24) is 20.4 Å². The number of rotatable bonds is 6. The summed E-state index contributed by atoms with van der Waals surface area (Å²) in [4.78, 5) is 19.3. The Morgan fingerprint density at radius 1 is 1.30 bits per heavy atom. The van der Waals surface area contributed by atoms with Gasteiger partial charge < -0.3 is 14.6 Å². The predicted molar refractivity (Wildman–Crippen MR) is 102 cm³/mol. The van der Waals surface area contributed by atoms with Crippen molar-refractivity contribution < 1.29 is 14.1 Å². The minimum Gasteiger partial charge on any atom is -0.496 e. The average molecular weight is 372 g/mol. The number of nitrogens with one attached hydrogen (secondary N) is 1. The van der Waals surface area contributed by atoms with E-state index in [1.54, 1.807) is 7.11 Å². The molecule has 1 aliphatic heterocycles. The molecule has 7 heteroatoms. The molecule has 1 aromatic heterocycles. The summed E-state index contributed by atoms with van der Waals surface area (Å²) in [6, 6.07) is 7.46. The molecule has 1 N–H and O–H groups in total. The van der Waals surface area contributed by atoms with Crippen molar-refractivity contribution in [2.45, 2.75) is 51.6 Å². The second-order valence-electron chi connectivity index (χ2n) is 7.14. The molecule has 0 spiro atoms. The standard InChI is InChI=1S/C20H28N4O3/c1-13(17-7-5-6-8-18(17)26-4)21-19(25)14(2)24-11-9-16(10-12-24)20-22-15(3)23-27-20/h5-8,13-14,16H,9-12H2,1-4H3,(H,21,25). The number of piperidine rings is 1. The number of ether oxygens (including phenoxy) is 1. The van der Waals surface area contributed by atoms with Crippen LogP contribution in [0.1, 0.15) is 55.9 Å². The number of para-hydroxylation sites is 1. The fourth-order valence-electron chi connectivity index (χ4n) is 3.61. The zero-order valence-electron chi connectivity index (χ0n) is 16.4. The van der Waals surface area contributed by atoms with Crippen molar-refractivity contribution in [3.63, 3.8) is 0 Å². The van der Waals surface area contributed by atoms with Crippen molar-refractivity contribution in [1.29, 1.82) is 0 Å². The first-order valence-corrected chi connectivity index (χ1v) is 9.47. The van der Waals surface area contributed by atoms with Gasteiger partial charge in [-0.05, 0) is 52.8 Å². The Labute approximate surface area is 160 Å². The maximum absolute atomic E-state index is 12.7. The minimum atomic E-state index is -0.187. The van der Waals surface area contributed by atoms with Crippen LogP contribution in [0.2, 0.25) is 0 Å². The smallest absolute Gasteiger partial charge is 0.237 e. The van der Waals surface area contributed by atoms with Gasteiger partial charge in [-0.3, -0.25) is 9.69 Å². The van der Waals surface area contributed by atoms with Gasteiger partial charge in [0, 0.05) is 11.5 Å². The summed E-state index contributed by atoms with van der Waals surface area (Å²) in [5.74, 6) is 2.49. The Kier molecular flexibility index (Phi) is 6.11. The first kappa shape index (κ1) is 19.4. The summed E-state index contributed by atoms with van der Waals surface area (Å²) in [5.41, 5.74) is 0.978. The van der Waals surface area contributed by atoms with Crippen LogP contribution in [0, 0.1) is 6.92 Å². The fraction of sp³-hybridized carbons (Fsp3) is 0.550. The summed E-state index contributed by atoms with van der Waals surface area (Å²) < 4.78 is 10.7. The lowest BCUT2D eigenvalue weighted by Gasteiger charge is -2.34. The van der Waals surface area contributed by atoms with E-state index in [9.17, 15) is 4.79 Å². The van der Waals surface area contributed by atoms with Gasteiger partial charge in [0.25, 0.3) is 0 Å². The fourth-order valence-corrected chi connectivity index (χ4v) is 3.61. The van der Waals surface area contributed by atoms with E-state index in [1.807, 2.05) is 45.0 Å². The molecular formula is C20H28N4O3. The topological polar surface area (TPSA) is 80.5 Å². The molecule has 27 heavy (non-hydrogen) atoms. The first-order chi connectivity index (χ1) is 13.0. The van der Waals surface area contributed by atoms with Crippen LogP contribution in [0.3, 0.4) is 0 Å². The van der Waals surface area contributed by atoms with Crippen LogP contribution in [-0.4, -0.2) is 47.2 Å². The highest BCUT2D eigenvalue weighted by atomic mass is 16.5. The Hall–Kier alpha value is -2.41. The number of benzene rings is 1. The van der Waals surface area contributed by atoms with Gasteiger partial charge in [0.2, 0.25) is 11.8 Å². The van der Waals surface area contributed by atoms with Gasteiger partial charge in [-0.25, -0.2) is 0 Å². The number of likely N-dealkylation sites (tertiary alicyclic amines) is 1. The number of amides is 1. The second kappa shape index (κ2) is 8.52. The van der Waals surface area contributed by atoms with E-state index in [0.29, 0.717) is 11.7 Å². The largest absolute Gasteiger partial charge is 0.496 e. The van der Waals surface area contributed by atoms with E-state index >= 15 is 0 Å². The van der Waals surface area contributed by atoms with Crippen LogP contribution in [0.15, 0.2) is 28.8 Å². The number of aromatic nitrogens is 2. The summed E-state index contributed by atoms with van der Waals surface area (Å²) in [6.45, 7) is 7.44. The summed E-state index contributed by atoms with van der Waals surface area (Å²) >= 11 is 0. The summed E-state index contributed by atoms with van der Waals surface area (Å²) in [5, 5.41) is 6.99. The van der Waals surface area contributed by atoms with Crippen LogP contribution in [0.5, 0.6) is 5.75 Å². The van der Waals surface area contributed by atoms with Gasteiger partial charge in [0.1, 0.15) is 5.75 Å². The van der Waals surface area contributed by atoms with E-state index in [2.05, 4.69) is 20.4 Å². The van der Waals surface area contributed by atoms with Gasteiger partial charge in [0.15, 0.2) is 5.82 Å². The van der Waals surface area contributed by atoms with Crippen molar-refractivity contribution in [3.8, 4) is 5.75 Å². The van der Waals surface area contributed by atoms with Gasteiger partial charge in [-0.2, -0.15) is 4.98 Å². The zero-order valence-corrected chi connectivity index (χ0v) is 16.4. The third-order valence-corrected chi connectivity index (χ3v) is 5.31. The predicted octanol–water partition coefficient (Wildman–Crippen LogP) is 2.83. The molecule has 2 unspecified atom stereocenters. The average Bonchev–Trinajstić information content (AvgIpc) is 3.13. The monoisotopic (exact) mass is 372 g/mol.